The molecule has 13 heteroatoms. The highest BCUT2D eigenvalue weighted by atomic mass is 16.7. The summed E-state index contributed by atoms with van der Waals surface area (Å²) in [6.07, 6.45) is 9.49. The Morgan fingerprint density at radius 2 is 1.40 bits per heavy atom. The van der Waals surface area contributed by atoms with E-state index in [1.807, 2.05) is 23.1 Å². The Kier molecular flexibility index (Phi) is 19.3. The molecular formula is C39H53N3O10. The normalized spacial score (nSPS) is 14.4. The number of nitrogens with one attached hydrogen (secondary N) is 1. The largest absolute Gasteiger partial charge is 0.379 e. The summed E-state index contributed by atoms with van der Waals surface area (Å²) in [5.74, 6) is -1.80. The van der Waals surface area contributed by atoms with Crippen LogP contribution in [0, 0.1) is 0 Å². The lowest BCUT2D eigenvalue weighted by Gasteiger charge is -2.29. The Bertz CT molecular complexity index is 1440. The van der Waals surface area contributed by atoms with Crippen molar-refractivity contribution in [1.82, 2.24) is 15.3 Å². The molecule has 0 aliphatic carbocycles. The van der Waals surface area contributed by atoms with Gasteiger partial charge in [-0.25, -0.2) is 4.79 Å². The molecule has 0 spiro atoms. The van der Waals surface area contributed by atoms with Crippen LogP contribution in [0.15, 0.2) is 66.4 Å². The molecule has 52 heavy (non-hydrogen) atoms. The minimum absolute atomic E-state index is 0.0393. The molecule has 1 N–H and O–H groups in total. The molecule has 284 valence electrons. The number of carbonyl (C=O) groups excluding carboxylic acids is 5. The summed E-state index contributed by atoms with van der Waals surface area (Å²) < 4.78 is 21.6. The van der Waals surface area contributed by atoms with Gasteiger partial charge in [-0.2, -0.15) is 0 Å². The van der Waals surface area contributed by atoms with Crippen molar-refractivity contribution in [3.05, 3.63) is 77.5 Å². The van der Waals surface area contributed by atoms with Crippen LogP contribution < -0.4 is 5.32 Å². The van der Waals surface area contributed by atoms with Crippen LogP contribution in [0.3, 0.4) is 0 Å². The predicted octanol–water partition coefficient (Wildman–Crippen LogP) is 4.58. The summed E-state index contributed by atoms with van der Waals surface area (Å²) in [7, 11) is 0. The van der Waals surface area contributed by atoms with E-state index in [4.69, 9.17) is 23.8 Å². The minimum atomic E-state index is -0.712. The summed E-state index contributed by atoms with van der Waals surface area (Å²) in [6.45, 7) is 13.5. The highest BCUT2D eigenvalue weighted by Gasteiger charge is 2.32. The molecule has 0 radical (unpaired) electrons. The number of ether oxygens (including phenoxy) is 4. The molecular weight excluding hydrogens is 670 g/mol. The van der Waals surface area contributed by atoms with Crippen molar-refractivity contribution in [3.63, 3.8) is 0 Å². The lowest BCUT2D eigenvalue weighted by molar-refractivity contribution is -0.198. The Morgan fingerprint density at radius 3 is 2.02 bits per heavy atom. The SMILES string of the molecule is C=CC1=C(C=C)N(C(=O)CCCCCNC(=O)CCOCCOCCOCCOCCC(=O)ON2C(=O)CCC2=O)Cc2ccccc2C=C1CC. The monoisotopic (exact) mass is 723 g/mol. The second-order valence-corrected chi connectivity index (χ2v) is 12.1. The molecule has 1 saturated heterocycles. The van der Waals surface area contributed by atoms with Gasteiger partial charge in [0.05, 0.1) is 71.5 Å². The van der Waals surface area contributed by atoms with E-state index in [9.17, 15) is 24.0 Å². The van der Waals surface area contributed by atoms with E-state index in [1.54, 1.807) is 6.08 Å². The first-order valence-electron chi connectivity index (χ1n) is 18.0. The lowest BCUT2D eigenvalue weighted by atomic mass is 9.93. The first-order valence-corrected chi connectivity index (χ1v) is 18.0. The number of unbranched alkanes of at least 4 members (excludes halogenated alkanes) is 2. The van der Waals surface area contributed by atoms with E-state index in [0.29, 0.717) is 64.0 Å². The van der Waals surface area contributed by atoms with Crippen LogP contribution in [-0.2, 0) is 54.3 Å². The van der Waals surface area contributed by atoms with Gasteiger partial charge in [0, 0.05) is 37.8 Å². The van der Waals surface area contributed by atoms with Crippen molar-refractivity contribution in [2.24, 2.45) is 0 Å². The fraction of sp³-hybridized carbons (Fsp3) is 0.513. The topological polar surface area (TPSA) is 150 Å². The van der Waals surface area contributed by atoms with Gasteiger partial charge in [-0.15, -0.1) is 5.06 Å². The van der Waals surface area contributed by atoms with Crippen molar-refractivity contribution in [2.75, 3.05) is 59.4 Å². The van der Waals surface area contributed by atoms with Crippen LogP contribution in [0.5, 0.6) is 0 Å². The van der Waals surface area contributed by atoms with Crippen molar-refractivity contribution < 1.29 is 47.8 Å². The summed E-state index contributed by atoms with van der Waals surface area (Å²) >= 11 is 0. The van der Waals surface area contributed by atoms with Gasteiger partial charge >= 0.3 is 5.97 Å². The number of rotatable bonds is 25. The van der Waals surface area contributed by atoms with Gasteiger partial charge in [0.1, 0.15) is 0 Å². The molecule has 3 rings (SSSR count). The summed E-state index contributed by atoms with van der Waals surface area (Å²) in [5.41, 5.74) is 5.02. The quantitative estimate of drug-likeness (QED) is 0.112. The molecule has 0 saturated carbocycles. The Morgan fingerprint density at radius 1 is 0.788 bits per heavy atom. The van der Waals surface area contributed by atoms with E-state index in [0.717, 1.165) is 47.2 Å². The van der Waals surface area contributed by atoms with Crippen LogP contribution in [0.4, 0.5) is 0 Å². The maximum absolute atomic E-state index is 13.5. The molecule has 0 unspecified atom stereocenters. The molecule has 4 amide bonds. The molecule has 0 atom stereocenters. The maximum Gasteiger partial charge on any atom is 0.335 e. The van der Waals surface area contributed by atoms with Gasteiger partial charge in [-0.1, -0.05) is 62.9 Å². The molecule has 1 aromatic rings. The number of hydroxylamine groups is 2. The highest BCUT2D eigenvalue weighted by Crippen LogP contribution is 2.31. The summed E-state index contributed by atoms with van der Waals surface area (Å²) in [4.78, 5) is 66.8. The Balaban J connectivity index is 1.15. The van der Waals surface area contributed by atoms with Gasteiger partial charge in [-0.05, 0) is 42.0 Å². The third-order valence-corrected chi connectivity index (χ3v) is 8.33. The number of amides is 4. The second kappa shape index (κ2) is 23.9. The van der Waals surface area contributed by atoms with E-state index < -0.39 is 17.8 Å². The molecule has 2 aliphatic heterocycles. The molecule has 1 aromatic carbocycles. The third kappa shape index (κ3) is 14.3. The van der Waals surface area contributed by atoms with Crippen molar-refractivity contribution in [2.45, 2.75) is 71.3 Å². The first kappa shape index (κ1) is 42.0. The molecule has 2 heterocycles. The number of hydrogen-bond acceptors (Lipinski definition) is 10. The Hall–Kier alpha value is -4.43. The number of fused-ring (bicyclic) bond motifs is 1. The van der Waals surface area contributed by atoms with Gasteiger partial charge in [0.25, 0.3) is 11.8 Å². The highest BCUT2D eigenvalue weighted by molar-refractivity contribution is 6.01. The fourth-order valence-electron chi connectivity index (χ4n) is 5.54. The van der Waals surface area contributed by atoms with Gasteiger partial charge in [-0.3, -0.25) is 19.2 Å². The Labute approximate surface area is 306 Å². The van der Waals surface area contributed by atoms with E-state index in [2.05, 4.69) is 43.6 Å². The van der Waals surface area contributed by atoms with Crippen LogP contribution >= 0.6 is 0 Å². The number of carbonyl (C=O) groups is 5. The molecule has 0 aromatic heterocycles. The average Bonchev–Trinajstić information content (AvgIpc) is 3.45. The lowest BCUT2D eigenvalue weighted by Crippen LogP contribution is -2.32. The smallest absolute Gasteiger partial charge is 0.335 e. The van der Waals surface area contributed by atoms with Gasteiger partial charge < -0.3 is 34.0 Å². The zero-order valence-electron chi connectivity index (χ0n) is 30.4. The number of benzene rings is 1. The molecule has 13 nitrogen and oxygen atoms in total. The van der Waals surface area contributed by atoms with Gasteiger partial charge in [0.15, 0.2) is 0 Å². The molecule has 1 fully saturated rings. The average molecular weight is 724 g/mol. The summed E-state index contributed by atoms with van der Waals surface area (Å²) in [6, 6.07) is 8.13. The van der Waals surface area contributed by atoms with Crippen molar-refractivity contribution in [1.29, 1.82) is 0 Å². The number of imide groups is 1. The van der Waals surface area contributed by atoms with Crippen LogP contribution in [0.1, 0.15) is 75.8 Å². The number of hydrogen-bond donors (Lipinski definition) is 1. The van der Waals surface area contributed by atoms with E-state index in [1.165, 1.54) is 0 Å². The first-order chi connectivity index (χ1) is 25.3. The number of allylic oxidation sites excluding steroid dienone is 4. The van der Waals surface area contributed by atoms with Crippen LogP contribution in [-0.4, -0.2) is 99.0 Å². The second-order valence-electron chi connectivity index (χ2n) is 12.1. The van der Waals surface area contributed by atoms with E-state index >= 15 is 0 Å². The van der Waals surface area contributed by atoms with Crippen LogP contribution in [0.2, 0.25) is 0 Å². The zero-order valence-corrected chi connectivity index (χ0v) is 30.4. The third-order valence-electron chi connectivity index (χ3n) is 8.33. The van der Waals surface area contributed by atoms with Crippen molar-refractivity contribution >= 4 is 35.7 Å². The number of nitrogens with zero attached hydrogens (tertiary/aromatic N) is 2. The van der Waals surface area contributed by atoms with Gasteiger partial charge in [0.2, 0.25) is 11.8 Å². The van der Waals surface area contributed by atoms with Crippen LogP contribution in [0.25, 0.3) is 6.08 Å². The molecule has 0 bridgehead atoms. The molecule has 2 aliphatic rings. The fourth-order valence-corrected chi connectivity index (χ4v) is 5.54. The summed E-state index contributed by atoms with van der Waals surface area (Å²) in [5, 5.41) is 3.42. The standard InChI is InChI=1S/C39H53N3O10/c1-4-30-28-31-12-9-10-13-32(31)29-41(34(6-3)33(30)5-2)36(44)14-8-7-11-19-40-35(43)17-20-48-22-24-50-26-27-51-25-23-49-21-18-39(47)52-42-37(45)15-16-38(42)46/h5-6,9-10,12-13,28H,2-4,7-8,11,14-27,29H2,1H3,(H,40,43). The van der Waals surface area contributed by atoms with Crippen molar-refractivity contribution in [3.8, 4) is 0 Å². The predicted molar refractivity (Wildman–Crippen MR) is 194 cm³/mol. The zero-order chi connectivity index (χ0) is 37.6. The maximum atomic E-state index is 13.5. The van der Waals surface area contributed by atoms with E-state index in [-0.39, 0.29) is 57.3 Å². The minimum Gasteiger partial charge on any atom is -0.379 e.